The molecule has 1 aromatic carbocycles. The van der Waals surface area contributed by atoms with Gasteiger partial charge >= 0.3 is 5.97 Å². The van der Waals surface area contributed by atoms with Crippen LogP contribution in [0.4, 0.5) is 5.69 Å². The Morgan fingerprint density at radius 1 is 1.33 bits per heavy atom. The topological polar surface area (TPSA) is 67.4 Å². The summed E-state index contributed by atoms with van der Waals surface area (Å²) in [6.07, 6.45) is 1.01. The largest absolute Gasteiger partial charge is 0.469 e. The van der Waals surface area contributed by atoms with E-state index in [1.54, 1.807) is 0 Å². The molecule has 5 heteroatoms. The Morgan fingerprint density at radius 3 is 2.52 bits per heavy atom. The van der Waals surface area contributed by atoms with Crippen LogP contribution in [0.1, 0.15) is 18.9 Å². The van der Waals surface area contributed by atoms with Crippen molar-refractivity contribution in [2.75, 3.05) is 25.5 Å². The Kier molecular flexibility index (Phi) is 5.33. The van der Waals surface area contributed by atoms with Gasteiger partial charge in [0.1, 0.15) is 0 Å². The summed E-state index contributed by atoms with van der Waals surface area (Å²) in [5, 5.41) is 6.11. The number of anilines is 1. The van der Waals surface area contributed by atoms with E-state index in [9.17, 15) is 9.59 Å². The summed E-state index contributed by atoms with van der Waals surface area (Å²) in [6, 6.07) is 7.59. The number of esters is 1. The summed E-state index contributed by atoms with van der Waals surface area (Å²) in [5.74, 6) is 0.300. The maximum absolute atomic E-state index is 12.1. The number of carbonyl (C=O) groups is 2. The van der Waals surface area contributed by atoms with Gasteiger partial charge in [-0.1, -0.05) is 19.1 Å². The molecule has 0 saturated carbocycles. The van der Waals surface area contributed by atoms with Gasteiger partial charge in [0, 0.05) is 18.0 Å². The van der Waals surface area contributed by atoms with Gasteiger partial charge in [-0.25, -0.2) is 0 Å². The first kappa shape index (κ1) is 15.5. The number of aryl methyl sites for hydroxylation is 1. The van der Waals surface area contributed by atoms with E-state index in [1.807, 2.05) is 31.2 Å². The van der Waals surface area contributed by atoms with E-state index < -0.39 is 0 Å². The summed E-state index contributed by atoms with van der Waals surface area (Å²) in [7, 11) is 1.39. The molecule has 1 unspecified atom stereocenters. The third-order valence-electron chi connectivity index (χ3n) is 4.00. The number of rotatable bonds is 6. The van der Waals surface area contributed by atoms with Gasteiger partial charge in [-0.15, -0.1) is 0 Å². The van der Waals surface area contributed by atoms with Gasteiger partial charge in [-0.2, -0.15) is 0 Å². The third-order valence-corrected chi connectivity index (χ3v) is 4.00. The lowest BCUT2D eigenvalue weighted by Crippen LogP contribution is -2.48. The van der Waals surface area contributed by atoms with Crippen molar-refractivity contribution >= 4 is 17.6 Å². The van der Waals surface area contributed by atoms with Crippen LogP contribution in [0.15, 0.2) is 24.3 Å². The van der Waals surface area contributed by atoms with E-state index in [0.29, 0.717) is 18.8 Å². The van der Waals surface area contributed by atoms with Crippen LogP contribution in [-0.2, 0) is 20.7 Å². The minimum absolute atomic E-state index is 0.0188. The number of amides is 1. The summed E-state index contributed by atoms with van der Waals surface area (Å²) in [4.78, 5) is 23.2. The summed E-state index contributed by atoms with van der Waals surface area (Å²) in [6.45, 7) is 3.80. The van der Waals surface area contributed by atoms with Gasteiger partial charge in [-0.3, -0.25) is 9.59 Å². The van der Waals surface area contributed by atoms with Crippen LogP contribution < -0.4 is 10.6 Å². The van der Waals surface area contributed by atoms with Crippen molar-refractivity contribution in [3.8, 4) is 0 Å². The average Bonchev–Trinajstić information content (AvgIpc) is 2.44. The van der Waals surface area contributed by atoms with Crippen LogP contribution in [0.3, 0.4) is 0 Å². The zero-order valence-electron chi connectivity index (χ0n) is 12.5. The van der Waals surface area contributed by atoms with Crippen molar-refractivity contribution < 1.29 is 14.3 Å². The van der Waals surface area contributed by atoms with Crippen molar-refractivity contribution in [2.45, 2.75) is 19.8 Å². The SMILES string of the molecule is COC(=O)CCc1ccc(NC(=O)C(C)C2CNC2)cc1. The van der Waals surface area contributed by atoms with Crippen molar-refractivity contribution in [3.63, 3.8) is 0 Å². The molecule has 1 fully saturated rings. The molecule has 0 aromatic heterocycles. The minimum atomic E-state index is -0.213. The number of methoxy groups -OCH3 is 1. The van der Waals surface area contributed by atoms with Crippen molar-refractivity contribution in [2.24, 2.45) is 11.8 Å². The van der Waals surface area contributed by atoms with E-state index >= 15 is 0 Å². The lowest BCUT2D eigenvalue weighted by molar-refractivity contribution is -0.140. The Bertz CT molecular complexity index is 495. The number of benzene rings is 1. The second-order valence-electron chi connectivity index (χ2n) is 5.47. The van der Waals surface area contributed by atoms with Crippen molar-refractivity contribution in [1.82, 2.24) is 5.32 Å². The fourth-order valence-electron chi connectivity index (χ4n) is 2.24. The molecular formula is C16H22N2O3. The van der Waals surface area contributed by atoms with Crippen LogP contribution in [0, 0.1) is 11.8 Å². The maximum Gasteiger partial charge on any atom is 0.305 e. The Balaban J connectivity index is 1.84. The van der Waals surface area contributed by atoms with Gasteiger partial charge in [0.05, 0.1) is 7.11 Å². The normalized spacial score (nSPS) is 15.9. The first-order chi connectivity index (χ1) is 10.1. The quantitative estimate of drug-likeness (QED) is 0.781. The van der Waals surface area contributed by atoms with Crippen LogP contribution >= 0.6 is 0 Å². The van der Waals surface area contributed by atoms with Crippen LogP contribution in [-0.4, -0.2) is 32.1 Å². The van der Waals surface area contributed by atoms with E-state index in [4.69, 9.17) is 0 Å². The van der Waals surface area contributed by atoms with Gasteiger partial charge < -0.3 is 15.4 Å². The molecule has 1 aromatic rings. The molecule has 114 valence electrons. The predicted octanol–water partition coefficient (Wildman–Crippen LogP) is 1.59. The monoisotopic (exact) mass is 290 g/mol. The van der Waals surface area contributed by atoms with Gasteiger partial charge in [0.2, 0.25) is 5.91 Å². The maximum atomic E-state index is 12.1. The Hall–Kier alpha value is -1.88. The molecule has 0 bridgehead atoms. The van der Waals surface area contributed by atoms with E-state index in [0.717, 1.165) is 24.3 Å². The number of carbonyl (C=O) groups excluding carboxylic acids is 2. The fraction of sp³-hybridized carbons (Fsp3) is 0.500. The fourth-order valence-corrected chi connectivity index (χ4v) is 2.24. The van der Waals surface area contributed by atoms with Gasteiger partial charge in [0.15, 0.2) is 0 Å². The molecule has 2 N–H and O–H groups in total. The van der Waals surface area contributed by atoms with Gasteiger partial charge in [-0.05, 0) is 43.1 Å². The lowest BCUT2D eigenvalue weighted by atomic mass is 9.88. The molecule has 0 aliphatic carbocycles. The molecule has 1 aliphatic heterocycles. The molecule has 21 heavy (non-hydrogen) atoms. The first-order valence-corrected chi connectivity index (χ1v) is 7.27. The molecule has 1 heterocycles. The highest BCUT2D eigenvalue weighted by Gasteiger charge is 2.28. The second-order valence-corrected chi connectivity index (χ2v) is 5.47. The molecule has 1 saturated heterocycles. The summed E-state index contributed by atoms with van der Waals surface area (Å²) >= 11 is 0. The summed E-state index contributed by atoms with van der Waals surface area (Å²) in [5.41, 5.74) is 1.84. The van der Waals surface area contributed by atoms with Crippen LogP contribution in [0.2, 0.25) is 0 Å². The standard InChI is InChI=1S/C16H22N2O3/c1-11(13-9-17-10-13)16(20)18-14-6-3-12(4-7-14)5-8-15(19)21-2/h3-4,6-7,11,13,17H,5,8-10H2,1-2H3,(H,18,20). The zero-order valence-corrected chi connectivity index (χ0v) is 12.5. The Labute approximate surface area is 125 Å². The molecular weight excluding hydrogens is 268 g/mol. The molecule has 5 nitrogen and oxygen atoms in total. The molecule has 1 atom stereocenters. The second kappa shape index (κ2) is 7.22. The van der Waals surface area contributed by atoms with Crippen molar-refractivity contribution in [3.05, 3.63) is 29.8 Å². The lowest BCUT2D eigenvalue weighted by Gasteiger charge is -2.31. The molecule has 2 rings (SSSR count). The summed E-state index contributed by atoms with van der Waals surface area (Å²) < 4.78 is 4.61. The number of hydrogen-bond acceptors (Lipinski definition) is 4. The van der Waals surface area contributed by atoms with Crippen LogP contribution in [0.5, 0.6) is 0 Å². The third kappa shape index (κ3) is 4.29. The minimum Gasteiger partial charge on any atom is -0.469 e. The van der Waals surface area contributed by atoms with Crippen molar-refractivity contribution in [1.29, 1.82) is 0 Å². The number of hydrogen-bond donors (Lipinski definition) is 2. The highest BCUT2D eigenvalue weighted by atomic mass is 16.5. The zero-order chi connectivity index (χ0) is 15.2. The van der Waals surface area contributed by atoms with E-state index in [-0.39, 0.29) is 17.8 Å². The van der Waals surface area contributed by atoms with E-state index in [2.05, 4.69) is 15.4 Å². The van der Waals surface area contributed by atoms with E-state index in [1.165, 1.54) is 7.11 Å². The van der Waals surface area contributed by atoms with Gasteiger partial charge in [0.25, 0.3) is 0 Å². The molecule has 1 aliphatic rings. The molecule has 1 amide bonds. The predicted molar refractivity (Wildman–Crippen MR) is 80.9 cm³/mol. The first-order valence-electron chi connectivity index (χ1n) is 7.27. The highest BCUT2D eigenvalue weighted by molar-refractivity contribution is 5.92. The average molecular weight is 290 g/mol. The smallest absolute Gasteiger partial charge is 0.305 e. The number of ether oxygens (including phenoxy) is 1. The Morgan fingerprint density at radius 2 is 2.00 bits per heavy atom. The number of nitrogens with one attached hydrogen (secondary N) is 2. The highest BCUT2D eigenvalue weighted by Crippen LogP contribution is 2.19. The molecule has 0 radical (unpaired) electrons. The van der Waals surface area contributed by atoms with Crippen LogP contribution in [0.25, 0.3) is 0 Å². The molecule has 0 spiro atoms.